The molecule has 0 aliphatic carbocycles. The standard InChI is InChI=1S/C15H18N2O3/c18-13-11-14(19)17(15(20)16-13)10-6-2-5-9-12-7-3-1-4-8-12/h1,3-4,7-8H,2,5-6,9-11H2,(H,16,18,20). The van der Waals surface area contributed by atoms with E-state index in [2.05, 4.69) is 17.4 Å². The Morgan fingerprint density at radius 2 is 1.75 bits per heavy atom. The van der Waals surface area contributed by atoms with Gasteiger partial charge in [-0.05, 0) is 24.8 Å². The molecule has 4 amide bonds. The average molecular weight is 274 g/mol. The summed E-state index contributed by atoms with van der Waals surface area (Å²) < 4.78 is 0. The highest BCUT2D eigenvalue weighted by molar-refractivity contribution is 6.14. The molecule has 5 nitrogen and oxygen atoms in total. The molecule has 1 heterocycles. The lowest BCUT2D eigenvalue weighted by molar-refractivity contribution is -0.136. The number of amides is 4. The van der Waals surface area contributed by atoms with Gasteiger partial charge in [-0.3, -0.25) is 19.8 Å². The molecule has 1 aliphatic heterocycles. The van der Waals surface area contributed by atoms with E-state index in [4.69, 9.17) is 0 Å². The third-order valence-corrected chi connectivity index (χ3v) is 3.29. The minimum Gasteiger partial charge on any atom is -0.277 e. The van der Waals surface area contributed by atoms with Crippen LogP contribution in [-0.4, -0.2) is 29.3 Å². The van der Waals surface area contributed by atoms with E-state index >= 15 is 0 Å². The minimum atomic E-state index is -0.589. The third kappa shape index (κ3) is 3.91. The number of nitrogens with one attached hydrogen (secondary N) is 1. The Morgan fingerprint density at radius 1 is 1.00 bits per heavy atom. The largest absolute Gasteiger partial charge is 0.330 e. The van der Waals surface area contributed by atoms with Crippen molar-refractivity contribution in [1.82, 2.24) is 10.2 Å². The van der Waals surface area contributed by atoms with Gasteiger partial charge >= 0.3 is 6.03 Å². The molecule has 0 saturated carbocycles. The fourth-order valence-corrected chi connectivity index (χ4v) is 2.22. The summed E-state index contributed by atoms with van der Waals surface area (Å²) in [5.74, 6) is -0.915. The lowest BCUT2D eigenvalue weighted by Crippen LogP contribution is -2.52. The number of barbiturate groups is 1. The number of carbonyl (C=O) groups excluding carboxylic acids is 3. The van der Waals surface area contributed by atoms with E-state index in [1.54, 1.807) is 0 Å². The van der Waals surface area contributed by atoms with Crippen LogP contribution in [0, 0.1) is 0 Å². The van der Waals surface area contributed by atoms with Crippen LogP contribution in [0.2, 0.25) is 0 Å². The Bertz CT molecular complexity index is 479. The predicted octanol–water partition coefficient (Wildman–Crippen LogP) is 1.87. The molecular weight excluding hydrogens is 256 g/mol. The predicted molar refractivity (Wildman–Crippen MR) is 73.9 cm³/mol. The van der Waals surface area contributed by atoms with E-state index in [0.29, 0.717) is 6.54 Å². The molecular formula is C15H18N2O3. The molecule has 0 unspecified atom stereocenters. The molecule has 5 heteroatoms. The van der Waals surface area contributed by atoms with Crippen molar-refractivity contribution >= 4 is 17.8 Å². The summed E-state index contributed by atoms with van der Waals surface area (Å²) in [5.41, 5.74) is 1.30. The van der Waals surface area contributed by atoms with Crippen LogP contribution in [-0.2, 0) is 16.0 Å². The van der Waals surface area contributed by atoms with Gasteiger partial charge in [0.1, 0.15) is 6.42 Å². The fraction of sp³-hybridized carbons (Fsp3) is 0.400. The van der Waals surface area contributed by atoms with Gasteiger partial charge in [-0.1, -0.05) is 36.8 Å². The number of imide groups is 2. The Morgan fingerprint density at radius 3 is 2.45 bits per heavy atom. The second-order valence-corrected chi connectivity index (χ2v) is 4.87. The second-order valence-electron chi connectivity index (χ2n) is 4.87. The Kier molecular flexibility index (Phi) is 4.87. The highest BCUT2D eigenvalue weighted by atomic mass is 16.2. The van der Waals surface area contributed by atoms with E-state index in [1.165, 1.54) is 5.56 Å². The number of carbonyl (C=O) groups is 3. The van der Waals surface area contributed by atoms with Gasteiger partial charge in [0, 0.05) is 6.54 Å². The summed E-state index contributed by atoms with van der Waals surface area (Å²) in [6.07, 6.45) is 3.50. The normalized spacial score (nSPS) is 15.4. The molecule has 1 aromatic rings. The number of nitrogens with zero attached hydrogens (tertiary/aromatic N) is 1. The van der Waals surface area contributed by atoms with Crippen LogP contribution in [0.15, 0.2) is 30.3 Å². The quantitative estimate of drug-likeness (QED) is 0.636. The van der Waals surface area contributed by atoms with Crippen molar-refractivity contribution in [2.45, 2.75) is 32.1 Å². The molecule has 1 N–H and O–H groups in total. The average Bonchev–Trinajstić information content (AvgIpc) is 2.42. The molecule has 2 rings (SSSR count). The zero-order chi connectivity index (χ0) is 14.4. The van der Waals surface area contributed by atoms with Crippen LogP contribution in [0.25, 0.3) is 0 Å². The van der Waals surface area contributed by atoms with Gasteiger partial charge in [-0.25, -0.2) is 4.79 Å². The first-order valence-electron chi connectivity index (χ1n) is 6.85. The molecule has 1 aliphatic rings. The first-order valence-corrected chi connectivity index (χ1v) is 6.85. The highest BCUT2D eigenvalue weighted by Crippen LogP contribution is 2.09. The number of rotatable bonds is 6. The highest BCUT2D eigenvalue weighted by Gasteiger charge is 2.29. The van der Waals surface area contributed by atoms with Crippen molar-refractivity contribution in [1.29, 1.82) is 0 Å². The molecule has 0 aromatic heterocycles. The third-order valence-electron chi connectivity index (χ3n) is 3.29. The number of unbranched alkanes of at least 4 members (excludes halogenated alkanes) is 2. The molecule has 1 fully saturated rings. The van der Waals surface area contributed by atoms with Crippen molar-refractivity contribution < 1.29 is 14.4 Å². The first kappa shape index (κ1) is 14.2. The molecule has 0 atom stereocenters. The molecule has 0 spiro atoms. The zero-order valence-electron chi connectivity index (χ0n) is 11.3. The summed E-state index contributed by atoms with van der Waals surface area (Å²) in [6, 6.07) is 9.62. The van der Waals surface area contributed by atoms with Crippen LogP contribution in [0.4, 0.5) is 4.79 Å². The van der Waals surface area contributed by atoms with E-state index < -0.39 is 17.8 Å². The van der Waals surface area contributed by atoms with Crippen molar-refractivity contribution in [2.24, 2.45) is 0 Å². The number of hydrogen-bond acceptors (Lipinski definition) is 3. The smallest absolute Gasteiger partial charge is 0.277 e. The fourth-order valence-electron chi connectivity index (χ4n) is 2.22. The summed E-state index contributed by atoms with van der Waals surface area (Å²) in [7, 11) is 0. The number of benzene rings is 1. The Labute approximate surface area is 118 Å². The lowest BCUT2D eigenvalue weighted by Gasteiger charge is -2.24. The summed E-state index contributed by atoms with van der Waals surface area (Å²) in [4.78, 5) is 35.1. The van der Waals surface area contributed by atoms with Crippen molar-refractivity contribution in [3.05, 3.63) is 35.9 Å². The minimum absolute atomic E-state index is 0.226. The van der Waals surface area contributed by atoms with Gasteiger partial charge in [0.05, 0.1) is 0 Å². The topological polar surface area (TPSA) is 66.5 Å². The first-order chi connectivity index (χ1) is 9.66. The summed E-state index contributed by atoms with van der Waals surface area (Å²) in [6.45, 7) is 0.382. The summed E-state index contributed by atoms with van der Waals surface area (Å²) in [5, 5.41) is 2.15. The monoisotopic (exact) mass is 274 g/mol. The molecule has 20 heavy (non-hydrogen) atoms. The van der Waals surface area contributed by atoms with Gasteiger partial charge < -0.3 is 0 Å². The molecule has 1 aromatic carbocycles. The number of hydrogen-bond donors (Lipinski definition) is 1. The van der Waals surface area contributed by atoms with Gasteiger partial charge in [-0.2, -0.15) is 0 Å². The maximum absolute atomic E-state index is 11.5. The second kappa shape index (κ2) is 6.84. The lowest BCUT2D eigenvalue weighted by atomic mass is 10.1. The van der Waals surface area contributed by atoms with Crippen molar-refractivity contribution in [2.75, 3.05) is 6.54 Å². The van der Waals surface area contributed by atoms with Crippen LogP contribution in [0.5, 0.6) is 0 Å². The van der Waals surface area contributed by atoms with Gasteiger partial charge in [0.2, 0.25) is 11.8 Å². The maximum Gasteiger partial charge on any atom is 0.330 e. The number of urea groups is 1. The van der Waals surface area contributed by atoms with Crippen LogP contribution < -0.4 is 5.32 Å². The summed E-state index contributed by atoms with van der Waals surface area (Å²) >= 11 is 0. The van der Waals surface area contributed by atoms with E-state index in [0.717, 1.165) is 30.6 Å². The SMILES string of the molecule is O=C1CC(=O)N(CCCCCc2ccccc2)C(=O)N1. The molecule has 106 valence electrons. The molecule has 0 bridgehead atoms. The zero-order valence-corrected chi connectivity index (χ0v) is 11.3. The van der Waals surface area contributed by atoms with Crippen molar-refractivity contribution in [3.63, 3.8) is 0 Å². The van der Waals surface area contributed by atoms with E-state index in [-0.39, 0.29) is 6.42 Å². The van der Waals surface area contributed by atoms with Crippen LogP contribution >= 0.6 is 0 Å². The maximum atomic E-state index is 11.5. The molecule has 0 radical (unpaired) electrons. The molecule has 1 saturated heterocycles. The van der Waals surface area contributed by atoms with Gasteiger partial charge in [0.25, 0.3) is 0 Å². The Hall–Kier alpha value is -2.17. The van der Waals surface area contributed by atoms with Crippen LogP contribution in [0.3, 0.4) is 0 Å². The van der Waals surface area contributed by atoms with E-state index in [9.17, 15) is 14.4 Å². The van der Waals surface area contributed by atoms with E-state index in [1.807, 2.05) is 18.2 Å². The van der Waals surface area contributed by atoms with Gasteiger partial charge in [0.15, 0.2) is 0 Å². The van der Waals surface area contributed by atoms with Crippen LogP contribution in [0.1, 0.15) is 31.2 Å². The van der Waals surface area contributed by atoms with Gasteiger partial charge in [-0.15, -0.1) is 0 Å². The number of aryl methyl sites for hydroxylation is 1. The van der Waals surface area contributed by atoms with Crippen molar-refractivity contribution in [3.8, 4) is 0 Å². The Balaban J connectivity index is 1.67.